The first kappa shape index (κ1) is 29.2. The molecule has 2 amide bonds. The number of aromatic amines is 1. The zero-order valence-electron chi connectivity index (χ0n) is 24.3. The lowest BCUT2D eigenvalue weighted by Crippen LogP contribution is -2.56. The molecule has 4 atom stereocenters. The second-order valence-electron chi connectivity index (χ2n) is 12.5. The van der Waals surface area contributed by atoms with Crippen molar-refractivity contribution in [3.63, 3.8) is 0 Å². The zero-order chi connectivity index (χ0) is 29.1. The monoisotopic (exact) mass is 561 g/mol. The number of hydrogen-bond acceptors (Lipinski definition) is 6. The van der Waals surface area contributed by atoms with Gasteiger partial charge in [0, 0.05) is 35.8 Å². The molecule has 0 bridgehead atoms. The summed E-state index contributed by atoms with van der Waals surface area (Å²) in [6.07, 6.45) is 8.02. The van der Waals surface area contributed by atoms with Gasteiger partial charge in [-0.1, -0.05) is 58.1 Å². The van der Waals surface area contributed by atoms with Crippen molar-refractivity contribution in [2.75, 3.05) is 0 Å². The minimum Gasteiger partial charge on any atom is -0.390 e. The summed E-state index contributed by atoms with van der Waals surface area (Å²) in [6.45, 7) is 6.26. The Labute approximate surface area is 241 Å². The van der Waals surface area contributed by atoms with E-state index in [2.05, 4.69) is 20.3 Å². The summed E-state index contributed by atoms with van der Waals surface area (Å²) in [6, 6.07) is 6.50. The third-order valence-corrected chi connectivity index (χ3v) is 8.66. The molecule has 5 rings (SSSR count). The maximum Gasteiger partial charge on any atom is 0.273 e. The molecule has 3 heterocycles. The third kappa shape index (κ3) is 6.79. The number of benzene rings is 1. The quantitative estimate of drug-likeness (QED) is 0.279. The topological polar surface area (TPSA) is 131 Å². The molecule has 9 heteroatoms. The molecule has 9 nitrogen and oxygen atoms in total. The van der Waals surface area contributed by atoms with Gasteiger partial charge >= 0.3 is 0 Å². The molecular weight excluding hydrogens is 518 g/mol. The highest BCUT2D eigenvalue weighted by Crippen LogP contribution is 2.31. The number of amides is 2. The zero-order valence-corrected chi connectivity index (χ0v) is 24.3. The van der Waals surface area contributed by atoms with Gasteiger partial charge in [0.1, 0.15) is 17.8 Å². The number of pyridine rings is 1. The Morgan fingerprint density at radius 2 is 1.95 bits per heavy atom. The molecule has 1 fully saturated rings. The number of nitrogens with zero attached hydrogens (tertiary/aromatic N) is 3. The van der Waals surface area contributed by atoms with E-state index < -0.39 is 24.3 Å². The number of aromatic nitrogens is 3. The van der Waals surface area contributed by atoms with E-state index in [9.17, 15) is 19.8 Å². The van der Waals surface area contributed by atoms with E-state index in [1.54, 1.807) is 17.4 Å². The van der Waals surface area contributed by atoms with Gasteiger partial charge in [-0.05, 0) is 49.3 Å². The van der Waals surface area contributed by atoms with E-state index in [0.717, 1.165) is 53.4 Å². The maximum absolute atomic E-state index is 14.1. The fourth-order valence-electron chi connectivity index (χ4n) is 6.45. The number of hydrogen-bond donors (Lipinski definition) is 4. The van der Waals surface area contributed by atoms with Gasteiger partial charge in [-0.15, -0.1) is 0 Å². The van der Waals surface area contributed by atoms with Gasteiger partial charge in [-0.25, -0.2) is 9.97 Å². The predicted octanol–water partition coefficient (Wildman–Crippen LogP) is 4.06. The van der Waals surface area contributed by atoms with Crippen molar-refractivity contribution in [1.29, 1.82) is 0 Å². The number of H-pyrrole nitrogens is 1. The molecular formula is C32H43N5O4. The van der Waals surface area contributed by atoms with Crippen molar-refractivity contribution in [2.45, 2.75) is 103 Å². The Bertz CT molecular complexity index is 1350. The van der Waals surface area contributed by atoms with Crippen molar-refractivity contribution < 1.29 is 19.8 Å². The molecule has 3 aromatic rings. The maximum atomic E-state index is 14.1. The van der Waals surface area contributed by atoms with Crippen LogP contribution in [0.4, 0.5) is 0 Å². The van der Waals surface area contributed by atoms with E-state index in [1.165, 1.54) is 6.42 Å². The van der Waals surface area contributed by atoms with E-state index in [0.29, 0.717) is 24.5 Å². The first-order valence-corrected chi connectivity index (χ1v) is 15.0. The second kappa shape index (κ2) is 12.7. The van der Waals surface area contributed by atoms with Gasteiger partial charge < -0.3 is 25.4 Å². The first-order chi connectivity index (χ1) is 19.7. The van der Waals surface area contributed by atoms with Crippen molar-refractivity contribution in [2.24, 2.45) is 11.8 Å². The van der Waals surface area contributed by atoms with Crippen LogP contribution in [0.3, 0.4) is 0 Å². The molecule has 0 saturated heterocycles. The molecule has 0 spiro atoms. The molecule has 1 aliphatic carbocycles. The number of aliphatic hydroxyl groups excluding tert-OH is 2. The highest BCUT2D eigenvalue weighted by Gasteiger charge is 2.40. The fraction of sp³-hybridized carbons (Fsp3) is 0.562. The number of carbonyl (C=O) groups is 2. The molecule has 4 unspecified atom stereocenters. The lowest BCUT2D eigenvalue weighted by Gasteiger charge is -2.35. The van der Waals surface area contributed by atoms with E-state index in [1.807, 2.05) is 45.0 Å². The molecule has 2 aromatic heterocycles. The summed E-state index contributed by atoms with van der Waals surface area (Å²) >= 11 is 0. The van der Waals surface area contributed by atoms with E-state index >= 15 is 0 Å². The average Bonchev–Trinajstić information content (AvgIpc) is 3.57. The van der Waals surface area contributed by atoms with Gasteiger partial charge in [0.25, 0.3) is 5.91 Å². The van der Waals surface area contributed by atoms with Crippen LogP contribution in [0.2, 0.25) is 0 Å². The van der Waals surface area contributed by atoms with Gasteiger partial charge in [0.2, 0.25) is 5.91 Å². The molecule has 1 aromatic carbocycles. The third-order valence-electron chi connectivity index (χ3n) is 8.66. The molecule has 41 heavy (non-hydrogen) atoms. The number of imidazole rings is 1. The molecule has 220 valence electrons. The molecule has 0 radical (unpaired) electrons. The van der Waals surface area contributed by atoms with E-state index in [-0.39, 0.29) is 30.7 Å². The highest BCUT2D eigenvalue weighted by molar-refractivity contribution is 6.01. The Balaban J connectivity index is 1.41. The van der Waals surface area contributed by atoms with Gasteiger partial charge in [-0.2, -0.15) is 0 Å². The SMILES string of the molecule is Cc1ccc2cc3c(nc2c1)C(=O)N(C(Cc1cnc[nH]1)C(=O)NC(CC1CCCCC1)C(O)C(O)CC(C)C)C3. The normalized spacial score (nSPS) is 18.9. The smallest absolute Gasteiger partial charge is 0.273 e. The Kier molecular flexibility index (Phi) is 9.04. The lowest BCUT2D eigenvalue weighted by molar-refractivity contribution is -0.128. The second-order valence-corrected chi connectivity index (χ2v) is 12.5. The summed E-state index contributed by atoms with van der Waals surface area (Å²) in [7, 11) is 0. The van der Waals surface area contributed by atoms with Crippen LogP contribution in [0.1, 0.15) is 86.1 Å². The van der Waals surface area contributed by atoms with Crippen LogP contribution >= 0.6 is 0 Å². The molecule has 2 aliphatic rings. The highest BCUT2D eigenvalue weighted by atomic mass is 16.3. The van der Waals surface area contributed by atoms with E-state index in [4.69, 9.17) is 0 Å². The number of fused-ring (bicyclic) bond motifs is 2. The summed E-state index contributed by atoms with van der Waals surface area (Å²) in [5, 5.41) is 26.2. The fourth-order valence-corrected chi connectivity index (χ4v) is 6.45. The van der Waals surface area contributed by atoms with Gasteiger partial charge in [0.15, 0.2) is 0 Å². The summed E-state index contributed by atoms with van der Waals surface area (Å²) in [5.74, 6) is -0.0600. The van der Waals surface area contributed by atoms with Crippen LogP contribution in [-0.4, -0.2) is 66.2 Å². The number of aryl methyl sites for hydroxylation is 1. The standard InChI is InChI=1S/C32H43N5O4/c1-19(2)11-28(38)30(39)26(13-21-7-5-4-6-8-21)36-31(40)27(15-24-16-33-18-34-24)37-17-23-14-22-10-9-20(3)12-25(22)35-29(23)32(37)41/h9-10,12,14,16,18-19,21,26-28,30,38-39H,4-8,11,13,15,17H2,1-3H3,(H,33,34)(H,36,40). The van der Waals surface area contributed by atoms with Crippen LogP contribution < -0.4 is 5.32 Å². The van der Waals surface area contributed by atoms with Crippen LogP contribution in [0.5, 0.6) is 0 Å². The van der Waals surface area contributed by atoms with Crippen LogP contribution in [0.15, 0.2) is 36.8 Å². The minimum atomic E-state index is -1.10. The summed E-state index contributed by atoms with van der Waals surface area (Å²) < 4.78 is 0. The molecule has 1 saturated carbocycles. The van der Waals surface area contributed by atoms with Crippen molar-refractivity contribution in [1.82, 2.24) is 25.2 Å². The molecule has 1 aliphatic heterocycles. The Hall–Kier alpha value is -3.30. The number of aliphatic hydroxyl groups is 2. The number of rotatable bonds is 11. The van der Waals surface area contributed by atoms with Crippen molar-refractivity contribution >= 4 is 22.7 Å². The first-order valence-electron chi connectivity index (χ1n) is 15.0. The lowest BCUT2D eigenvalue weighted by atomic mass is 9.82. The minimum absolute atomic E-state index is 0.200. The van der Waals surface area contributed by atoms with Gasteiger partial charge in [-0.3, -0.25) is 9.59 Å². The van der Waals surface area contributed by atoms with Gasteiger partial charge in [0.05, 0.1) is 24.0 Å². The number of nitrogens with one attached hydrogen (secondary N) is 2. The van der Waals surface area contributed by atoms with Crippen LogP contribution in [0, 0.1) is 18.8 Å². The predicted molar refractivity (Wildman–Crippen MR) is 157 cm³/mol. The van der Waals surface area contributed by atoms with Crippen LogP contribution in [-0.2, 0) is 17.8 Å². The van der Waals surface area contributed by atoms with Crippen LogP contribution in [0.25, 0.3) is 10.9 Å². The summed E-state index contributed by atoms with van der Waals surface area (Å²) in [4.78, 5) is 41.2. The Morgan fingerprint density at radius 1 is 1.17 bits per heavy atom. The largest absolute Gasteiger partial charge is 0.390 e. The van der Waals surface area contributed by atoms with Crippen molar-refractivity contribution in [3.8, 4) is 0 Å². The average molecular weight is 562 g/mol. The van der Waals surface area contributed by atoms with Crippen molar-refractivity contribution in [3.05, 3.63) is 59.3 Å². The molecule has 4 N–H and O–H groups in total. The Morgan fingerprint density at radius 3 is 2.66 bits per heavy atom. The summed E-state index contributed by atoms with van der Waals surface area (Å²) in [5.41, 5.74) is 3.71. The number of carbonyl (C=O) groups excluding carboxylic acids is 2.